The van der Waals surface area contributed by atoms with Gasteiger partial charge in [0.1, 0.15) is 5.69 Å². The number of aromatic nitrogens is 2. The number of nitrogens with one attached hydrogen (secondary N) is 2. The maximum absolute atomic E-state index is 11.4. The number of carbonyl (C=O) groups is 1. The summed E-state index contributed by atoms with van der Waals surface area (Å²) >= 11 is 0. The lowest BCUT2D eigenvalue weighted by atomic mass is 10.3. The molecule has 0 atom stereocenters. The van der Waals surface area contributed by atoms with Gasteiger partial charge >= 0.3 is 0 Å². The Bertz CT molecular complexity index is 297. The summed E-state index contributed by atoms with van der Waals surface area (Å²) in [5.41, 5.74) is 6.10. The van der Waals surface area contributed by atoms with Gasteiger partial charge in [-0.2, -0.15) is 5.10 Å². The average molecular weight is 198 g/mol. The molecule has 5 N–H and O–H groups in total. The number of unbranched alkanes of at least 4 members (excludes halogenated alkanes) is 1. The van der Waals surface area contributed by atoms with Crippen molar-refractivity contribution >= 4 is 11.6 Å². The maximum Gasteiger partial charge on any atom is 0.271 e. The zero-order valence-electron chi connectivity index (χ0n) is 7.79. The molecule has 1 aromatic heterocycles. The molecule has 6 nitrogen and oxygen atoms in total. The van der Waals surface area contributed by atoms with Gasteiger partial charge in [0.25, 0.3) is 5.91 Å². The molecular formula is C8H14N4O2. The summed E-state index contributed by atoms with van der Waals surface area (Å²) in [6.07, 6.45) is 2.82. The van der Waals surface area contributed by atoms with Gasteiger partial charge in [0, 0.05) is 13.2 Å². The minimum Gasteiger partial charge on any atom is -0.396 e. The molecular weight excluding hydrogens is 184 g/mol. The molecule has 0 aromatic carbocycles. The number of amides is 1. The zero-order valence-corrected chi connectivity index (χ0v) is 7.79. The predicted molar refractivity (Wildman–Crippen MR) is 51.7 cm³/mol. The van der Waals surface area contributed by atoms with Gasteiger partial charge in [-0.15, -0.1) is 0 Å². The highest BCUT2D eigenvalue weighted by atomic mass is 16.2. The van der Waals surface area contributed by atoms with Crippen LogP contribution >= 0.6 is 0 Å². The highest BCUT2D eigenvalue weighted by Gasteiger charge is 2.09. The standard InChI is InChI=1S/C8H14N4O2/c9-6-5-11-12-7(6)8(14)10-3-1-2-4-13/h5,13H,1-4,9H2,(H,10,14)(H,11,12). The fraction of sp³-hybridized carbons (Fsp3) is 0.500. The molecule has 1 aromatic rings. The number of nitrogen functional groups attached to an aromatic ring is 1. The Hall–Kier alpha value is -1.56. The van der Waals surface area contributed by atoms with E-state index in [1.54, 1.807) is 0 Å². The minimum atomic E-state index is -0.266. The molecule has 1 heterocycles. The molecule has 1 rings (SSSR count). The predicted octanol–water partition coefficient (Wildman–Crippen LogP) is -0.506. The Morgan fingerprint density at radius 2 is 2.43 bits per heavy atom. The lowest BCUT2D eigenvalue weighted by Crippen LogP contribution is -2.25. The number of aliphatic hydroxyl groups is 1. The Morgan fingerprint density at radius 3 is 3.00 bits per heavy atom. The van der Waals surface area contributed by atoms with Crippen molar-refractivity contribution in [3.05, 3.63) is 11.9 Å². The number of aromatic amines is 1. The van der Waals surface area contributed by atoms with E-state index in [-0.39, 0.29) is 18.2 Å². The van der Waals surface area contributed by atoms with Crippen LogP contribution in [-0.2, 0) is 0 Å². The van der Waals surface area contributed by atoms with Crippen molar-refractivity contribution in [2.75, 3.05) is 18.9 Å². The number of hydrogen-bond donors (Lipinski definition) is 4. The molecule has 0 aliphatic rings. The van der Waals surface area contributed by atoms with Crippen LogP contribution in [-0.4, -0.2) is 34.4 Å². The first kappa shape index (κ1) is 10.5. The summed E-state index contributed by atoms with van der Waals surface area (Å²) in [5, 5.41) is 17.3. The summed E-state index contributed by atoms with van der Waals surface area (Å²) in [7, 11) is 0. The van der Waals surface area contributed by atoms with Crippen LogP contribution < -0.4 is 11.1 Å². The molecule has 0 aliphatic carbocycles. The Labute approximate surface area is 81.5 Å². The van der Waals surface area contributed by atoms with Crippen molar-refractivity contribution < 1.29 is 9.90 Å². The quantitative estimate of drug-likeness (QED) is 0.478. The lowest BCUT2D eigenvalue weighted by molar-refractivity contribution is 0.0948. The highest BCUT2D eigenvalue weighted by Crippen LogP contribution is 2.04. The Morgan fingerprint density at radius 1 is 1.64 bits per heavy atom. The summed E-state index contributed by atoms with van der Waals surface area (Å²) in [4.78, 5) is 11.4. The number of hydrogen-bond acceptors (Lipinski definition) is 4. The minimum absolute atomic E-state index is 0.141. The fourth-order valence-corrected chi connectivity index (χ4v) is 1.00. The van der Waals surface area contributed by atoms with Crippen molar-refractivity contribution in [2.24, 2.45) is 0 Å². The smallest absolute Gasteiger partial charge is 0.271 e. The van der Waals surface area contributed by atoms with Gasteiger partial charge in [-0.1, -0.05) is 0 Å². The molecule has 0 aliphatic heterocycles. The number of nitrogens with two attached hydrogens (primary N) is 1. The van der Waals surface area contributed by atoms with E-state index in [4.69, 9.17) is 10.8 Å². The Kier molecular flexibility index (Phi) is 3.93. The van der Waals surface area contributed by atoms with Crippen LogP contribution in [0.4, 0.5) is 5.69 Å². The molecule has 0 spiro atoms. The van der Waals surface area contributed by atoms with Crippen LogP contribution in [0.25, 0.3) is 0 Å². The second kappa shape index (κ2) is 5.23. The molecule has 1 amide bonds. The topological polar surface area (TPSA) is 104 Å². The van der Waals surface area contributed by atoms with Crippen LogP contribution in [0, 0.1) is 0 Å². The van der Waals surface area contributed by atoms with E-state index in [9.17, 15) is 4.79 Å². The fourth-order valence-electron chi connectivity index (χ4n) is 1.00. The van der Waals surface area contributed by atoms with Gasteiger partial charge in [-0.3, -0.25) is 9.89 Å². The monoisotopic (exact) mass is 198 g/mol. The molecule has 0 fully saturated rings. The number of anilines is 1. The van der Waals surface area contributed by atoms with Crippen LogP contribution in [0.1, 0.15) is 23.3 Å². The lowest BCUT2D eigenvalue weighted by Gasteiger charge is -2.02. The van der Waals surface area contributed by atoms with Crippen molar-refractivity contribution in [2.45, 2.75) is 12.8 Å². The van der Waals surface area contributed by atoms with E-state index in [1.807, 2.05) is 0 Å². The van der Waals surface area contributed by atoms with Gasteiger partial charge in [-0.25, -0.2) is 0 Å². The molecule has 0 radical (unpaired) electrons. The van der Waals surface area contributed by atoms with Gasteiger partial charge < -0.3 is 16.2 Å². The van der Waals surface area contributed by atoms with E-state index in [2.05, 4.69) is 15.5 Å². The average Bonchev–Trinajstić information content (AvgIpc) is 2.59. The SMILES string of the molecule is Nc1cn[nH]c1C(=O)NCCCCO. The number of nitrogens with zero attached hydrogens (tertiary/aromatic N) is 1. The molecule has 78 valence electrons. The summed E-state index contributed by atoms with van der Waals surface area (Å²) < 4.78 is 0. The maximum atomic E-state index is 11.4. The summed E-state index contributed by atoms with van der Waals surface area (Å²) in [6, 6.07) is 0. The zero-order chi connectivity index (χ0) is 10.4. The first-order valence-corrected chi connectivity index (χ1v) is 4.43. The third-order valence-corrected chi connectivity index (χ3v) is 1.77. The van der Waals surface area contributed by atoms with Gasteiger partial charge in [0.05, 0.1) is 11.9 Å². The second-order valence-electron chi connectivity index (χ2n) is 2.89. The van der Waals surface area contributed by atoms with Gasteiger partial charge in [0.2, 0.25) is 0 Å². The van der Waals surface area contributed by atoms with E-state index in [0.717, 1.165) is 6.42 Å². The molecule has 0 saturated heterocycles. The molecule has 14 heavy (non-hydrogen) atoms. The van der Waals surface area contributed by atoms with E-state index in [0.29, 0.717) is 18.7 Å². The van der Waals surface area contributed by atoms with Crippen molar-refractivity contribution in [1.29, 1.82) is 0 Å². The van der Waals surface area contributed by atoms with Crippen LogP contribution in [0.5, 0.6) is 0 Å². The van der Waals surface area contributed by atoms with Crippen LogP contribution in [0.15, 0.2) is 6.20 Å². The summed E-state index contributed by atoms with van der Waals surface area (Å²) in [6.45, 7) is 0.667. The largest absolute Gasteiger partial charge is 0.396 e. The van der Waals surface area contributed by atoms with Crippen LogP contribution in [0.3, 0.4) is 0 Å². The number of rotatable bonds is 5. The molecule has 6 heteroatoms. The first-order chi connectivity index (χ1) is 6.75. The Balaban J connectivity index is 2.32. The van der Waals surface area contributed by atoms with Crippen molar-refractivity contribution in [3.63, 3.8) is 0 Å². The molecule has 0 bridgehead atoms. The number of H-pyrrole nitrogens is 1. The van der Waals surface area contributed by atoms with E-state index in [1.165, 1.54) is 6.20 Å². The van der Waals surface area contributed by atoms with Crippen molar-refractivity contribution in [3.8, 4) is 0 Å². The van der Waals surface area contributed by atoms with Gasteiger partial charge in [0.15, 0.2) is 0 Å². The highest BCUT2D eigenvalue weighted by molar-refractivity contribution is 5.96. The van der Waals surface area contributed by atoms with E-state index < -0.39 is 0 Å². The third kappa shape index (κ3) is 2.74. The van der Waals surface area contributed by atoms with Crippen LogP contribution in [0.2, 0.25) is 0 Å². The summed E-state index contributed by atoms with van der Waals surface area (Å²) in [5.74, 6) is -0.266. The molecule has 0 saturated carbocycles. The number of carbonyl (C=O) groups excluding carboxylic acids is 1. The van der Waals surface area contributed by atoms with Gasteiger partial charge in [-0.05, 0) is 12.8 Å². The third-order valence-electron chi connectivity index (χ3n) is 1.77. The second-order valence-corrected chi connectivity index (χ2v) is 2.89. The first-order valence-electron chi connectivity index (χ1n) is 4.43. The van der Waals surface area contributed by atoms with Crippen molar-refractivity contribution in [1.82, 2.24) is 15.5 Å². The normalized spacial score (nSPS) is 10.1. The number of aliphatic hydroxyl groups excluding tert-OH is 1. The molecule has 0 unspecified atom stereocenters. The van der Waals surface area contributed by atoms with E-state index >= 15 is 0 Å².